The number of aliphatic hydroxyl groups excluding tert-OH is 7. The maximum absolute atomic E-state index is 13.0. The summed E-state index contributed by atoms with van der Waals surface area (Å²) in [6, 6.07) is -1.16. The first-order valence-electron chi connectivity index (χ1n) is 27.6. The molecule has 0 bridgehead atoms. The number of hydrogen-bond donors (Lipinski definition) is 8. The largest absolute Gasteiger partial charge is 0.394 e. The average Bonchev–Trinajstić information content (AvgIpc) is 3.31. The number of amides is 1. The number of nitrogens with one attached hydrogen (secondary N) is 1. The van der Waals surface area contributed by atoms with Gasteiger partial charge in [0.05, 0.1) is 25.4 Å². The highest BCUT2D eigenvalue weighted by Gasteiger charge is 2.44. The number of ether oxygens (including phenoxy) is 2. The maximum atomic E-state index is 13.0. The van der Waals surface area contributed by atoms with Gasteiger partial charge in [-0.2, -0.15) is 0 Å². The van der Waals surface area contributed by atoms with E-state index in [1.54, 1.807) is 0 Å². The highest BCUT2D eigenvalue weighted by molar-refractivity contribution is 5.80. The van der Waals surface area contributed by atoms with Crippen LogP contribution in [0.1, 0.15) is 258 Å². The Hall–Kier alpha value is -1.15. The zero-order chi connectivity index (χ0) is 47.6. The molecule has 0 aromatic carbocycles. The number of carbonyl (C=O) groups excluding carboxylic acids is 1. The van der Waals surface area contributed by atoms with Gasteiger partial charge in [0.1, 0.15) is 36.6 Å². The summed E-state index contributed by atoms with van der Waals surface area (Å²) in [4.78, 5) is 13.0. The quantitative estimate of drug-likeness (QED) is 0.0215. The topological polar surface area (TPSA) is 189 Å². The van der Waals surface area contributed by atoms with E-state index in [1.165, 1.54) is 180 Å². The van der Waals surface area contributed by atoms with Gasteiger partial charge in [-0.25, -0.2) is 0 Å². The third-order valence-electron chi connectivity index (χ3n) is 13.6. The van der Waals surface area contributed by atoms with E-state index in [-0.39, 0.29) is 6.42 Å². The average molecular weight is 928 g/mol. The molecule has 1 heterocycles. The van der Waals surface area contributed by atoms with Crippen molar-refractivity contribution >= 4 is 5.91 Å². The summed E-state index contributed by atoms with van der Waals surface area (Å²) in [5.41, 5.74) is 0. The Kier molecular flexibility index (Phi) is 42.0. The molecule has 9 atom stereocenters. The Bertz CT molecular complexity index is 1060. The molecule has 1 aliphatic rings. The van der Waals surface area contributed by atoms with Crippen LogP contribution in [-0.2, 0) is 14.3 Å². The molecule has 8 N–H and O–H groups in total. The molecule has 11 nitrogen and oxygen atoms in total. The third kappa shape index (κ3) is 33.1. The van der Waals surface area contributed by atoms with E-state index < -0.39 is 74.2 Å². The zero-order valence-corrected chi connectivity index (χ0v) is 42.0. The van der Waals surface area contributed by atoms with Crippen LogP contribution in [-0.4, -0.2) is 110 Å². The highest BCUT2D eigenvalue weighted by Crippen LogP contribution is 2.23. The standard InChI is InChI=1S/C54H105NO10/c1-3-5-7-9-10-11-12-13-14-15-16-17-18-19-20-21-22-23-24-25-26-27-28-29-30-31-32-33-34-35-36-37-38-40-42-47(58)53(63)55-45(49(59)46(57)41-39-8-6-4-2)44-64-54-52(62)51(61)50(60)48(43-56)65-54/h21-22,45-52,54,56-62H,3-20,23-44H2,1-2H3,(H,55,63)/b22-21-. The van der Waals surface area contributed by atoms with Gasteiger partial charge in [-0.1, -0.05) is 231 Å². The van der Waals surface area contributed by atoms with E-state index in [2.05, 4.69) is 31.3 Å². The van der Waals surface area contributed by atoms with Gasteiger partial charge >= 0.3 is 0 Å². The minimum atomic E-state index is -1.66. The smallest absolute Gasteiger partial charge is 0.249 e. The Labute approximate surface area is 398 Å². The Balaban J connectivity index is 2.04. The van der Waals surface area contributed by atoms with Gasteiger partial charge in [0.2, 0.25) is 5.91 Å². The van der Waals surface area contributed by atoms with Gasteiger partial charge in [0, 0.05) is 0 Å². The predicted octanol–water partition coefficient (Wildman–Crippen LogP) is 10.8. The molecule has 0 aromatic heterocycles. The van der Waals surface area contributed by atoms with Crippen LogP contribution in [0.5, 0.6) is 0 Å². The molecule has 1 amide bonds. The van der Waals surface area contributed by atoms with Crippen LogP contribution in [0.15, 0.2) is 12.2 Å². The van der Waals surface area contributed by atoms with E-state index >= 15 is 0 Å². The zero-order valence-electron chi connectivity index (χ0n) is 42.0. The predicted molar refractivity (Wildman–Crippen MR) is 266 cm³/mol. The molecule has 0 aromatic rings. The lowest BCUT2D eigenvalue weighted by Crippen LogP contribution is -2.60. The SMILES string of the molecule is CCCCCCCCCCCCCCCC/C=C\CCCCCCCCCCCCCCCCCCC(O)C(=O)NC(COC1OC(CO)C(O)C(O)C1O)C(O)C(O)CCCCCC. The van der Waals surface area contributed by atoms with Crippen molar-refractivity contribution in [2.75, 3.05) is 13.2 Å². The monoisotopic (exact) mass is 928 g/mol. The van der Waals surface area contributed by atoms with Gasteiger partial charge in [-0.15, -0.1) is 0 Å². The first-order valence-corrected chi connectivity index (χ1v) is 27.6. The lowest BCUT2D eigenvalue weighted by Gasteiger charge is -2.40. The van der Waals surface area contributed by atoms with Crippen molar-refractivity contribution in [3.63, 3.8) is 0 Å². The van der Waals surface area contributed by atoms with Crippen molar-refractivity contribution < 1.29 is 50.0 Å². The lowest BCUT2D eigenvalue weighted by molar-refractivity contribution is -0.303. The molecule has 1 rings (SSSR count). The van der Waals surface area contributed by atoms with Gasteiger partial charge < -0.3 is 50.5 Å². The van der Waals surface area contributed by atoms with Crippen molar-refractivity contribution in [2.45, 2.75) is 313 Å². The first kappa shape index (κ1) is 61.9. The van der Waals surface area contributed by atoms with Crippen LogP contribution in [0, 0.1) is 0 Å². The number of carbonyl (C=O) groups is 1. The summed E-state index contributed by atoms with van der Waals surface area (Å²) in [6.45, 7) is 3.31. The summed E-state index contributed by atoms with van der Waals surface area (Å²) in [5.74, 6) is -0.701. The molecule has 1 saturated heterocycles. The minimum absolute atomic E-state index is 0.263. The minimum Gasteiger partial charge on any atom is -0.394 e. The van der Waals surface area contributed by atoms with Crippen molar-refractivity contribution in [3.8, 4) is 0 Å². The van der Waals surface area contributed by atoms with E-state index in [0.29, 0.717) is 19.3 Å². The molecule has 65 heavy (non-hydrogen) atoms. The van der Waals surface area contributed by atoms with E-state index in [1.807, 2.05) is 0 Å². The van der Waals surface area contributed by atoms with Crippen LogP contribution >= 0.6 is 0 Å². The highest BCUT2D eigenvalue weighted by atomic mass is 16.7. The summed E-state index contributed by atoms with van der Waals surface area (Å²) in [5, 5.41) is 75.0. The van der Waals surface area contributed by atoms with Crippen LogP contribution in [0.4, 0.5) is 0 Å². The molecule has 1 aliphatic heterocycles. The Morgan fingerprint density at radius 2 is 0.892 bits per heavy atom. The Morgan fingerprint density at radius 1 is 0.523 bits per heavy atom. The number of unbranched alkanes of at least 4 members (excludes halogenated alkanes) is 33. The second-order valence-corrected chi connectivity index (χ2v) is 19.7. The van der Waals surface area contributed by atoms with Crippen LogP contribution in [0.2, 0.25) is 0 Å². The summed E-state index contributed by atoms with van der Waals surface area (Å²) >= 11 is 0. The summed E-state index contributed by atoms with van der Waals surface area (Å²) in [6.07, 6.45) is 39.7. The summed E-state index contributed by atoms with van der Waals surface area (Å²) < 4.78 is 11.0. The maximum Gasteiger partial charge on any atom is 0.249 e. The van der Waals surface area contributed by atoms with Crippen LogP contribution in [0.25, 0.3) is 0 Å². The third-order valence-corrected chi connectivity index (χ3v) is 13.6. The van der Waals surface area contributed by atoms with Gasteiger partial charge in [-0.3, -0.25) is 4.79 Å². The number of rotatable bonds is 47. The number of hydrogen-bond acceptors (Lipinski definition) is 10. The summed E-state index contributed by atoms with van der Waals surface area (Å²) in [7, 11) is 0. The Morgan fingerprint density at radius 3 is 1.31 bits per heavy atom. The fraction of sp³-hybridized carbons (Fsp3) is 0.944. The van der Waals surface area contributed by atoms with Crippen molar-refractivity contribution in [1.82, 2.24) is 5.32 Å². The van der Waals surface area contributed by atoms with Gasteiger partial charge in [0.15, 0.2) is 6.29 Å². The van der Waals surface area contributed by atoms with E-state index in [9.17, 15) is 40.5 Å². The molecule has 0 spiro atoms. The first-order chi connectivity index (χ1) is 31.7. The molecule has 0 saturated carbocycles. The molecular weight excluding hydrogens is 823 g/mol. The molecular formula is C54H105NO10. The van der Waals surface area contributed by atoms with Crippen molar-refractivity contribution in [2.24, 2.45) is 0 Å². The molecule has 9 unspecified atom stereocenters. The van der Waals surface area contributed by atoms with Gasteiger partial charge in [0.25, 0.3) is 0 Å². The number of allylic oxidation sites excluding steroid dienone is 2. The molecule has 386 valence electrons. The molecule has 1 fully saturated rings. The second kappa shape index (κ2) is 44.1. The van der Waals surface area contributed by atoms with Crippen LogP contribution in [0.3, 0.4) is 0 Å². The van der Waals surface area contributed by atoms with Gasteiger partial charge in [-0.05, 0) is 38.5 Å². The second-order valence-electron chi connectivity index (χ2n) is 19.7. The molecule has 0 radical (unpaired) electrons. The van der Waals surface area contributed by atoms with Crippen LogP contribution < -0.4 is 5.32 Å². The lowest BCUT2D eigenvalue weighted by atomic mass is 9.98. The van der Waals surface area contributed by atoms with E-state index in [0.717, 1.165) is 38.5 Å². The van der Waals surface area contributed by atoms with Crippen molar-refractivity contribution in [3.05, 3.63) is 12.2 Å². The fourth-order valence-corrected chi connectivity index (χ4v) is 9.03. The fourth-order valence-electron chi connectivity index (χ4n) is 9.03. The van der Waals surface area contributed by atoms with E-state index in [4.69, 9.17) is 9.47 Å². The molecule has 0 aliphatic carbocycles. The normalized spacial score (nSPS) is 20.9. The number of aliphatic hydroxyl groups is 7. The van der Waals surface area contributed by atoms with Crippen molar-refractivity contribution in [1.29, 1.82) is 0 Å². The molecule has 11 heteroatoms.